The minimum Gasteiger partial charge on any atom is -0.497 e. The average molecular weight is 531 g/mol. The Labute approximate surface area is 198 Å². The van der Waals surface area contributed by atoms with E-state index in [1.807, 2.05) is 19.2 Å². The lowest BCUT2D eigenvalue weighted by molar-refractivity contribution is 0.116. The van der Waals surface area contributed by atoms with E-state index in [9.17, 15) is 0 Å². The Hall–Kier alpha value is -1.26. The highest BCUT2D eigenvalue weighted by atomic mass is 127. The van der Waals surface area contributed by atoms with Crippen molar-refractivity contribution in [2.75, 3.05) is 54.4 Å². The molecule has 0 aromatic heterocycles. The molecular formula is C22H38IN5O2. The number of ether oxygens (including phenoxy) is 2. The lowest BCUT2D eigenvalue weighted by Gasteiger charge is -2.37. The van der Waals surface area contributed by atoms with Crippen molar-refractivity contribution in [1.29, 1.82) is 0 Å². The van der Waals surface area contributed by atoms with E-state index in [1.54, 1.807) is 7.11 Å². The molecule has 1 saturated heterocycles. The number of piperazine rings is 1. The predicted molar refractivity (Wildman–Crippen MR) is 133 cm³/mol. The van der Waals surface area contributed by atoms with Crippen molar-refractivity contribution in [3.63, 3.8) is 0 Å². The molecule has 1 heterocycles. The Bertz CT molecular complexity index is 681. The third-order valence-corrected chi connectivity index (χ3v) is 6.03. The predicted octanol–water partition coefficient (Wildman–Crippen LogP) is 2.55. The second-order valence-electron chi connectivity index (χ2n) is 8.20. The summed E-state index contributed by atoms with van der Waals surface area (Å²) in [5.74, 6) is 2.55. The molecule has 170 valence electrons. The third-order valence-electron chi connectivity index (χ3n) is 6.03. The fourth-order valence-corrected chi connectivity index (χ4v) is 4.04. The van der Waals surface area contributed by atoms with Crippen molar-refractivity contribution in [2.45, 2.75) is 44.4 Å². The monoisotopic (exact) mass is 531 g/mol. The first-order valence-electron chi connectivity index (χ1n) is 10.8. The maximum Gasteiger partial charge on any atom is 0.191 e. The molecule has 2 fully saturated rings. The Morgan fingerprint density at radius 2 is 1.93 bits per heavy atom. The molecular weight excluding hydrogens is 493 g/mol. The fourth-order valence-electron chi connectivity index (χ4n) is 4.04. The van der Waals surface area contributed by atoms with Crippen molar-refractivity contribution in [3.8, 4) is 11.5 Å². The van der Waals surface area contributed by atoms with Crippen molar-refractivity contribution < 1.29 is 9.47 Å². The summed E-state index contributed by atoms with van der Waals surface area (Å²) >= 11 is 0. The van der Waals surface area contributed by atoms with Crippen molar-refractivity contribution in [1.82, 2.24) is 20.4 Å². The van der Waals surface area contributed by atoms with Gasteiger partial charge in [-0.15, -0.1) is 24.0 Å². The molecule has 1 aliphatic heterocycles. The molecule has 8 heteroatoms. The smallest absolute Gasteiger partial charge is 0.191 e. The molecule has 1 saturated carbocycles. The first-order valence-corrected chi connectivity index (χ1v) is 10.8. The van der Waals surface area contributed by atoms with Gasteiger partial charge >= 0.3 is 0 Å². The van der Waals surface area contributed by atoms with Crippen LogP contribution in [0.5, 0.6) is 11.5 Å². The maximum absolute atomic E-state index is 6.30. The molecule has 0 amide bonds. The summed E-state index contributed by atoms with van der Waals surface area (Å²) < 4.78 is 11.7. The number of rotatable bonds is 7. The number of nitrogens with one attached hydrogen (secondary N) is 2. The van der Waals surface area contributed by atoms with Crippen molar-refractivity contribution in [2.24, 2.45) is 4.99 Å². The molecule has 30 heavy (non-hydrogen) atoms. The first kappa shape index (κ1) is 25.0. The Morgan fingerprint density at radius 3 is 2.63 bits per heavy atom. The number of likely N-dealkylation sites (N-methyl/N-ethyl adjacent to an activating group) is 2. The number of benzene rings is 1. The van der Waals surface area contributed by atoms with Gasteiger partial charge in [-0.3, -0.25) is 9.89 Å². The van der Waals surface area contributed by atoms with Crippen LogP contribution >= 0.6 is 24.0 Å². The van der Waals surface area contributed by atoms with Crippen molar-refractivity contribution in [3.05, 3.63) is 23.8 Å². The average Bonchev–Trinajstić information content (AvgIpc) is 3.24. The van der Waals surface area contributed by atoms with Gasteiger partial charge in [0.15, 0.2) is 5.96 Å². The molecule has 0 bridgehead atoms. The topological polar surface area (TPSA) is 61.4 Å². The van der Waals surface area contributed by atoms with E-state index in [0.29, 0.717) is 18.7 Å². The van der Waals surface area contributed by atoms with Crippen LogP contribution in [0.1, 0.15) is 31.2 Å². The summed E-state index contributed by atoms with van der Waals surface area (Å²) in [6.45, 7) is 4.82. The molecule has 7 nitrogen and oxygen atoms in total. The number of nitrogens with zero attached hydrogens (tertiary/aromatic N) is 3. The maximum atomic E-state index is 6.30. The van der Waals surface area contributed by atoms with Crippen LogP contribution in [0.25, 0.3) is 0 Å². The standard InChI is InChI=1S/C22H37N5O2.HI/c1-23-22(25-15-18-16-26(2)11-12-27(18)3)24-14-17-9-10-20(28-4)13-21(17)29-19-7-5-6-8-19;/h9-10,13,18-19H,5-8,11-12,14-16H2,1-4H3,(H2,23,24,25);1H. The first-order chi connectivity index (χ1) is 14.1. The molecule has 0 radical (unpaired) electrons. The Kier molecular flexibility index (Phi) is 10.5. The summed E-state index contributed by atoms with van der Waals surface area (Å²) in [6, 6.07) is 6.54. The van der Waals surface area contributed by atoms with Gasteiger partial charge in [0.05, 0.1) is 13.2 Å². The van der Waals surface area contributed by atoms with Gasteiger partial charge in [-0.05, 0) is 51.9 Å². The second-order valence-corrected chi connectivity index (χ2v) is 8.20. The van der Waals surface area contributed by atoms with Crippen molar-refractivity contribution >= 4 is 29.9 Å². The number of hydrogen-bond donors (Lipinski definition) is 2. The molecule has 3 rings (SSSR count). The second kappa shape index (κ2) is 12.6. The van der Waals surface area contributed by atoms with Crippen LogP contribution in [-0.4, -0.2) is 82.3 Å². The molecule has 1 aromatic rings. The molecule has 1 aliphatic carbocycles. The lowest BCUT2D eigenvalue weighted by Crippen LogP contribution is -2.55. The van der Waals surface area contributed by atoms with E-state index in [0.717, 1.165) is 62.0 Å². The zero-order chi connectivity index (χ0) is 20.6. The van der Waals surface area contributed by atoms with Crippen LogP contribution in [0.15, 0.2) is 23.2 Å². The van der Waals surface area contributed by atoms with E-state index in [1.165, 1.54) is 12.8 Å². The normalized spacial score (nSPS) is 21.2. The minimum absolute atomic E-state index is 0. The number of aliphatic imine (C=N–C) groups is 1. The SMILES string of the molecule is CN=C(NCc1ccc(OC)cc1OC1CCCC1)NCC1CN(C)CCN1C.I. The van der Waals surface area contributed by atoms with Crippen LogP contribution in [0.4, 0.5) is 0 Å². The quantitative estimate of drug-likeness (QED) is 0.321. The number of hydrogen-bond acceptors (Lipinski definition) is 5. The van der Waals surface area contributed by atoms with E-state index in [-0.39, 0.29) is 24.0 Å². The molecule has 1 atom stereocenters. The number of guanidine groups is 1. The highest BCUT2D eigenvalue weighted by Gasteiger charge is 2.22. The summed E-state index contributed by atoms with van der Waals surface area (Å²) in [4.78, 5) is 9.19. The fraction of sp³-hybridized carbons (Fsp3) is 0.682. The van der Waals surface area contributed by atoms with Crippen LogP contribution in [0.3, 0.4) is 0 Å². The van der Waals surface area contributed by atoms with Crippen LogP contribution < -0.4 is 20.1 Å². The number of halogens is 1. The van der Waals surface area contributed by atoms with Gasteiger partial charge in [0.2, 0.25) is 0 Å². The summed E-state index contributed by atoms with van der Waals surface area (Å²) in [6.07, 6.45) is 5.10. The molecule has 2 N–H and O–H groups in total. The van der Waals surface area contributed by atoms with Gasteiger partial charge in [0, 0.05) is 57.4 Å². The number of methoxy groups -OCH3 is 1. The Morgan fingerprint density at radius 1 is 1.17 bits per heavy atom. The van der Waals surface area contributed by atoms with Gasteiger partial charge in [-0.1, -0.05) is 0 Å². The zero-order valence-electron chi connectivity index (χ0n) is 18.8. The van der Waals surface area contributed by atoms with E-state index < -0.39 is 0 Å². The van der Waals surface area contributed by atoms with Gasteiger partial charge in [-0.25, -0.2) is 0 Å². The van der Waals surface area contributed by atoms with Gasteiger partial charge in [0.1, 0.15) is 11.5 Å². The van der Waals surface area contributed by atoms with Crippen LogP contribution in [0.2, 0.25) is 0 Å². The molecule has 1 aromatic carbocycles. The summed E-state index contributed by atoms with van der Waals surface area (Å²) in [7, 11) is 7.89. The van der Waals surface area contributed by atoms with Gasteiger partial charge in [-0.2, -0.15) is 0 Å². The van der Waals surface area contributed by atoms with E-state index in [2.05, 4.69) is 45.6 Å². The van der Waals surface area contributed by atoms with Gasteiger partial charge < -0.3 is 25.0 Å². The largest absolute Gasteiger partial charge is 0.497 e. The highest BCUT2D eigenvalue weighted by Crippen LogP contribution is 2.30. The highest BCUT2D eigenvalue weighted by molar-refractivity contribution is 14.0. The Balaban J connectivity index is 0.00000320. The van der Waals surface area contributed by atoms with E-state index >= 15 is 0 Å². The molecule has 2 aliphatic rings. The lowest BCUT2D eigenvalue weighted by atomic mass is 10.1. The summed E-state index contributed by atoms with van der Waals surface area (Å²) in [5.41, 5.74) is 1.12. The van der Waals surface area contributed by atoms with Gasteiger partial charge in [0.25, 0.3) is 0 Å². The third kappa shape index (κ3) is 7.16. The zero-order valence-corrected chi connectivity index (χ0v) is 21.1. The summed E-state index contributed by atoms with van der Waals surface area (Å²) in [5, 5.41) is 6.92. The van der Waals surface area contributed by atoms with E-state index in [4.69, 9.17) is 9.47 Å². The molecule has 1 unspecified atom stereocenters. The molecule has 0 spiro atoms. The van der Waals surface area contributed by atoms with Crippen LogP contribution in [-0.2, 0) is 6.54 Å². The minimum atomic E-state index is 0. The van der Waals surface area contributed by atoms with Crippen LogP contribution in [0, 0.1) is 0 Å².